The Hall–Kier alpha value is -2.11. The minimum Gasteiger partial charge on any atom is -0.497 e. The Bertz CT molecular complexity index is 402. The number of hydrogen-bond donors (Lipinski definition) is 2. The van der Waals surface area contributed by atoms with E-state index >= 15 is 0 Å². The maximum atomic E-state index is 10.7. The third-order valence-electron chi connectivity index (χ3n) is 2.25. The molecule has 0 spiro atoms. The van der Waals surface area contributed by atoms with E-state index in [1.807, 2.05) is 0 Å². The van der Waals surface area contributed by atoms with Crippen LogP contribution in [-0.2, 0) is 9.59 Å². The summed E-state index contributed by atoms with van der Waals surface area (Å²) in [5.41, 5.74) is 0.411. The van der Waals surface area contributed by atoms with Gasteiger partial charge in [0.05, 0.1) is 20.0 Å². The number of pyridine rings is 1. The van der Waals surface area contributed by atoms with Gasteiger partial charge in [-0.05, 0) is 6.07 Å². The fraction of sp³-hybridized carbons (Fsp3) is 0.364. The molecule has 0 bridgehead atoms. The van der Waals surface area contributed by atoms with Crippen LogP contribution in [0.2, 0.25) is 0 Å². The Morgan fingerprint density at radius 3 is 2.41 bits per heavy atom. The van der Waals surface area contributed by atoms with Crippen molar-refractivity contribution in [2.45, 2.75) is 18.8 Å². The van der Waals surface area contributed by atoms with Crippen LogP contribution < -0.4 is 4.74 Å². The standard InChI is InChI=1S/C11H13NO5/c1-17-8-2-3-12-9(6-8)7(4-10(13)14)5-11(15)16/h2-3,6-7H,4-5H2,1H3,(H,13,14)(H,15,16). The number of aromatic nitrogens is 1. The van der Waals surface area contributed by atoms with E-state index in [2.05, 4.69) is 4.98 Å². The third-order valence-corrected chi connectivity index (χ3v) is 2.25. The first-order valence-electron chi connectivity index (χ1n) is 4.96. The number of ether oxygens (including phenoxy) is 1. The largest absolute Gasteiger partial charge is 0.497 e. The van der Waals surface area contributed by atoms with Gasteiger partial charge in [0.2, 0.25) is 0 Å². The van der Waals surface area contributed by atoms with Crippen LogP contribution in [0, 0.1) is 0 Å². The molecule has 0 amide bonds. The molecule has 0 aliphatic rings. The quantitative estimate of drug-likeness (QED) is 0.772. The topological polar surface area (TPSA) is 96.7 Å². The summed E-state index contributed by atoms with van der Waals surface area (Å²) in [7, 11) is 1.47. The fourth-order valence-corrected chi connectivity index (χ4v) is 1.48. The van der Waals surface area contributed by atoms with Crippen LogP contribution in [0.15, 0.2) is 18.3 Å². The Labute approximate surface area is 97.9 Å². The molecular formula is C11H13NO5. The van der Waals surface area contributed by atoms with Gasteiger partial charge in [0.1, 0.15) is 5.75 Å². The van der Waals surface area contributed by atoms with Crippen molar-refractivity contribution in [3.05, 3.63) is 24.0 Å². The van der Waals surface area contributed by atoms with Crippen molar-refractivity contribution in [3.8, 4) is 5.75 Å². The van der Waals surface area contributed by atoms with Gasteiger partial charge in [-0.3, -0.25) is 14.6 Å². The highest BCUT2D eigenvalue weighted by Crippen LogP contribution is 2.24. The van der Waals surface area contributed by atoms with Crippen molar-refractivity contribution in [1.29, 1.82) is 0 Å². The highest BCUT2D eigenvalue weighted by Gasteiger charge is 2.20. The lowest BCUT2D eigenvalue weighted by Gasteiger charge is -2.12. The van der Waals surface area contributed by atoms with Gasteiger partial charge in [0.15, 0.2) is 0 Å². The Balaban J connectivity index is 2.94. The molecule has 6 heteroatoms. The van der Waals surface area contributed by atoms with Crippen molar-refractivity contribution >= 4 is 11.9 Å². The normalized spacial score (nSPS) is 10.2. The van der Waals surface area contributed by atoms with E-state index in [9.17, 15) is 9.59 Å². The minimum atomic E-state index is -1.05. The average Bonchev–Trinajstić information content (AvgIpc) is 2.27. The summed E-state index contributed by atoms with van der Waals surface area (Å²) in [6, 6.07) is 3.17. The summed E-state index contributed by atoms with van der Waals surface area (Å²) in [6.07, 6.45) is 0.920. The van der Waals surface area contributed by atoms with E-state index in [4.69, 9.17) is 14.9 Å². The molecular weight excluding hydrogens is 226 g/mol. The minimum absolute atomic E-state index is 0.271. The van der Waals surface area contributed by atoms with E-state index in [0.29, 0.717) is 11.4 Å². The van der Waals surface area contributed by atoms with Gasteiger partial charge in [0.25, 0.3) is 0 Å². The van der Waals surface area contributed by atoms with Gasteiger partial charge < -0.3 is 14.9 Å². The van der Waals surface area contributed by atoms with E-state index in [1.165, 1.54) is 13.3 Å². The molecule has 0 saturated heterocycles. The van der Waals surface area contributed by atoms with Crippen LogP contribution in [-0.4, -0.2) is 34.2 Å². The molecule has 0 aliphatic heterocycles. The van der Waals surface area contributed by atoms with Crippen LogP contribution in [0.3, 0.4) is 0 Å². The van der Waals surface area contributed by atoms with E-state index in [1.54, 1.807) is 12.1 Å². The van der Waals surface area contributed by atoms with E-state index < -0.39 is 17.9 Å². The number of nitrogens with zero attached hydrogens (tertiary/aromatic N) is 1. The number of rotatable bonds is 6. The summed E-state index contributed by atoms with van der Waals surface area (Å²) in [5, 5.41) is 17.5. The molecule has 0 aliphatic carbocycles. The molecule has 0 saturated carbocycles. The van der Waals surface area contributed by atoms with Crippen LogP contribution in [0.25, 0.3) is 0 Å². The van der Waals surface area contributed by atoms with E-state index in [0.717, 1.165) is 0 Å². The highest BCUT2D eigenvalue weighted by molar-refractivity contribution is 5.72. The second-order valence-electron chi connectivity index (χ2n) is 3.51. The summed E-state index contributed by atoms with van der Waals surface area (Å²) >= 11 is 0. The van der Waals surface area contributed by atoms with Gasteiger partial charge in [-0.2, -0.15) is 0 Å². The second kappa shape index (κ2) is 5.83. The van der Waals surface area contributed by atoms with Crippen molar-refractivity contribution in [2.75, 3.05) is 7.11 Å². The molecule has 1 rings (SSSR count). The molecule has 0 unspecified atom stereocenters. The number of aliphatic carboxylic acids is 2. The molecule has 0 radical (unpaired) electrons. The molecule has 1 aromatic heterocycles. The van der Waals surface area contributed by atoms with Crippen LogP contribution >= 0.6 is 0 Å². The van der Waals surface area contributed by atoms with Crippen LogP contribution in [0.4, 0.5) is 0 Å². The zero-order valence-corrected chi connectivity index (χ0v) is 9.29. The summed E-state index contributed by atoms with van der Waals surface area (Å²) < 4.78 is 4.98. The Morgan fingerprint density at radius 2 is 1.94 bits per heavy atom. The third kappa shape index (κ3) is 4.10. The average molecular weight is 239 g/mol. The molecule has 2 N–H and O–H groups in total. The lowest BCUT2D eigenvalue weighted by atomic mass is 9.97. The predicted molar refractivity (Wildman–Crippen MR) is 58.0 cm³/mol. The first-order chi connectivity index (χ1) is 8.02. The number of carbonyl (C=O) groups is 2. The maximum Gasteiger partial charge on any atom is 0.304 e. The first kappa shape index (κ1) is 13.0. The zero-order chi connectivity index (χ0) is 12.8. The molecule has 1 heterocycles. The molecule has 1 aromatic rings. The van der Waals surface area contributed by atoms with Crippen molar-refractivity contribution in [1.82, 2.24) is 4.98 Å². The van der Waals surface area contributed by atoms with Crippen molar-refractivity contribution in [2.24, 2.45) is 0 Å². The molecule has 6 nitrogen and oxygen atoms in total. The smallest absolute Gasteiger partial charge is 0.304 e. The summed E-state index contributed by atoms with van der Waals surface area (Å²) in [5.74, 6) is -2.24. The SMILES string of the molecule is COc1ccnc(C(CC(=O)O)CC(=O)O)c1. The number of hydrogen-bond acceptors (Lipinski definition) is 4. The molecule has 92 valence electrons. The van der Waals surface area contributed by atoms with Crippen molar-refractivity contribution < 1.29 is 24.5 Å². The number of carboxylic acids is 2. The number of methoxy groups -OCH3 is 1. The maximum absolute atomic E-state index is 10.7. The number of carboxylic acid groups (broad SMARTS) is 2. The van der Waals surface area contributed by atoms with Gasteiger partial charge in [0, 0.05) is 23.9 Å². The molecule has 17 heavy (non-hydrogen) atoms. The predicted octanol–water partition coefficient (Wildman–Crippen LogP) is 1.12. The fourth-order valence-electron chi connectivity index (χ4n) is 1.48. The highest BCUT2D eigenvalue weighted by atomic mass is 16.5. The van der Waals surface area contributed by atoms with Gasteiger partial charge in [-0.15, -0.1) is 0 Å². The molecule has 0 aromatic carbocycles. The van der Waals surface area contributed by atoms with Gasteiger partial charge in [-0.25, -0.2) is 0 Å². The monoisotopic (exact) mass is 239 g/mol. The van der Waals surface area contributed by atoms with Crippen LogP contribution in [0.1, 0.15) is 24.5 Å². The van der Waals surface area contributed by atoms with E-state index in [-0.39, 0.29) is 12.8 Å². The lowest BCUT2D eigenvalue weighted by Crippen LogP contribution is -2.12. The second-order valence-corrected chi connectivity index (χ2v) is 3.51. The zero-order valence-electron chi connectivity index (χ0n) is 9.29. The Morgan fingerprint density at radius 1 is 1.35 bits per heavy atom. The summed E-state index contributed by atoms with van der Waals surface area (Å²) in [6.45, 7) is 0. The summed E-state index contributed by atoms with van der Waals surface area (Å²) in [4.78, 5) is 25.3. The Kier molecular flexibility index (Phi) is 4.45. The van der Waals surface area contributed by atoms with Crippen molar-refractivity contribution in [3.63, 3.8) is 0 Å². The van der Waals surface area contributed by atoms with Gasteiger partial charge in [-0.1, -0.05) is 0 Å². The molecule has 0 atom stereocenters. The molecule has 0 fully saturated rings. The lowest BCUT2D eigenvalue weighted by molar-refractivity contribution is -0.139. The van der Waals surface area contributed by atoms with Gasteiger partial charge >= 0.3 is 11.9 Å². The van der Waals surface area contributed by atoms with Crippen LogP contribution in [0.5, 0.6) is 5.75 Å². The first-order valence-corrected chi connectivity index (χ1v) is 4.96.